The molecule has 0 saturated carbocycles. The first-order chi connectivity index (χ1) is 19.9. The Hall–Kier alpha value is -3.70. The Morgan fingerprint density at radius 3 is 2.20 bits per heavy atom. The number of aryl methyl sites for hydroxylation is 1. The summed E-state index contributed by atoms with van der Waals surface area (Å²) < 4.78 is 0. The van der Waals surface area contributed by atoms with Gasteiger partial charge in [0, 0.05) is 82.9 Å². The van der Waals surface area contributed by atoms with E-state index in [1.165, 1.54) is 37.7 Å². The van der Waals surface area contributed by atoms with E-state index >= 15 is 0 Å². The maximum absolute atomic E-state index is 12.3. The zero-order chi connectivity index (χ0) is 28.9. The number of nitrogens with zero attached hydrogens (tertiary/aromatic N) is 7. The summed E-state index contributed by atoms with van der Waals surface area (Å²) in [5, 5.41) is 3.30. The molecule has 2 aromatic rings. The van der Waals surface area contributed by atoms with Crippen LogP contribution in [0.1, 0.15) is 35.9 Å². The second-order valence-corrected chi connectivity index (χ2v) is 11.2. The molecule has 1 aromatic carbocycles. The minimum atomic E-state index is -0.623. The molecule has 0 radical (unpaired) electrons. The molecular weight excluding hydrogens is 518 g/mol. The van der Waals surface area contributed by atoms with Crippen molar-refractivity contribution in [3.63, 3.8) is 0 Å². The molecule has 3 saturated heterocycles. The van der Waals surface area contributed by atoms with Crippen molar-refractivity contribution in [1.29, 1.82) is 0 Å². The van der Waals surface area contributed by atoms with Gasteiger partial charge in [0.2, 0.25) is 5.91 Å². The number of anilines is 4. The van der Waals surface area contributed by atoms with Crippen molar-refractivity contribution >= 4 is 34.8 Å². The van der Waals surface area contributed by atoms with E-state index in [-0.39, 0.29) is 11.6 Å². The van der Waals surface area contributed by atoms with Crippen LogP contribution in [0.25, 0.3) is 0 Å². The van der Waals surface area contributed by atoms with Crippen LogP contribution in [0.2, 0.25) is 0 Å². The lowest BCUT2D eigenvalue weighted by Crippen LogP contribution is -2.52. The molecule has 1 aromatic heterocycles. The van der Waals surface area contributed by atoms with Gasteiger partial charge < -0.3 is 30.7 Å². The molecule has 4 heterocycles. The molecule has 11 heteroatoms. The van der Waals surface area contributed by atoms with Crippen LogP contribution < -0.4 is 20.9 Å². The summed E-state index contributed by atoms with van der Waals surface area (Å²) in [7, 11) is 2.20. The summed E-state index contributed by atoms with van der Waals surface area (Å²) in [6.07, 6.45) is 4.32. The molecule has 0 spiro atoms. The molecule has 5 rings (SSSR count). The topological polar surface area (TPSA) is 114 Å². The van der Waals surface area contributed by atoms with Crippen molar-refractivity contribution in [2.75, 3.05) is 87.6 Å². The van der Waals surface area contributed by atoms with Crippen molar-refractivity contribution in [3.05, 3.63) is 48.3 Å². The Kier molecular flexibility index (Phi) is 9.04. The minimum absolute atomic E-state index is 0.0688. The van der Waals surface area contributed by atoms with Crippen molar-refractivity contribution in [2.45, 2.75) is 32.2 Å². The Morgan fingerprint density at radius 1 is 0.951 bits per heavy atom. The summed E-state index contributed by atoms with van der Waals surface area (Å²) in [5.41, 5.74) is 8.57. The van der Waals surface area contributed by atoms with Crippen LogP contribution in [-0.4, -0.2) is 115 Å². The lowest BCUT2D eigenvalue weighted by atomic mass is 10.0. The van der Waals surface area contributed by atoms with E-state index in [1.807, 2.05) is 19.1 Å². The molecule has 3 aliphatic heterocycles. The zero-order valence-corrected chi connectivity index (χ0v) is 24.4. The fraction of sp³-hybridized carbons (Fsp3) is 0.533. The van der Waals surface area contributed by atoms with Gasteiger partial charge in [-0.05, 0) is 56.7 Å². The van der Waals surface area contributed by atoms with Crippen LogP contribution in [0.15, 0.2) is 36.9 Å². The van der Waals surface area contributed by atoms with Gasteiger partial charge >= 0.3 is 0 Å². The van der Waals surface area contributed by atoms with Crippen LogP contribution >= 0.6 is 0 Å². The van der Waals surface area contributed by atoms with Gasteiger partial charge in [-0.3, -0.25) is 14.5 Å². The van der Waals surface area contributed by atoms with E-state index < -0.39 is 5.91 Å². The standard InChI is InChI=1S/C30H43N9O2/c1-4-25-30(39-20-18-38(19-21-39)26(40)5-2)34-29(27(33-25)28(31)41)32-22-6-8-23(9-7-22)36-12-10-24(11-13-36)37-16-14-35(3)15-17-37/h5-9,24H,2,4,10-21H2,1,3H3,(H2,31,41)(H,32,34). The van der Waals surface area contributed by atoms with Gasteiger partial charge in [0.15, 0.2) is 17.3 Å². The lowest BCUT2D eigenvalue weighted by molar-refractivity contribution is -0.126. The highest BCUT2D eigenvalue weighted by atomic mass is 16.2. The molecule has 0 atom stereocenters. The van der Waals surface area contributed by atoms with Crippen LogP contribution in [0.3, 0.4) is 0 Å². The van der Waals surface area contributed by atoms with Gasteiger partial charge in [-0.2, -0.15) is 0 Å². The normalized spacial score (nSPS) is 19.3. The Balaban J connectivity index is 1.26. The molecule has 3 aliphatic rings. The molecule has 0 aliphatic carbocycles. The van der Waals surface area contributed by atoms with Gasteiger partial charge in [-0.15, -0.1) is 0 Å². The number of primary amides is 1. The average molecular weight is 562 g/mol. The Labute approximate surface area is 243 Å². The van der Waals surface area contributed by atoms with E-state index in [0.29, 0.717) is 56.0 Å². The number of piperidine rings is 1. The highest BCUT2D eigenvalue weighted by Gasteiger charge is 2.28. The van der Waals surface area contributed by atoms with Crippen molar-refractivity contribution in [1.82, 2.24) is 24.7 Å². The van der Waals surface area contributed by atoms with E-state index in [2.05, 4.69) is 55.7 Å². The van der Waals surface area contributed by atoms with Gasteiger partial charge in [0.05, 0.1) is 5.69 Å². The predicted octanol–water partition coefficient (Wildman–Crippen LogP) is 1.93. The van der Waals surface area contributed by atoms with Crippen LogP contribution in [-0.2, 0) is 11.2 Å². The largest absolute Gasteiger partial charge is 0.371 e. The minimum Gasteiger partial charge on any atom is -0.371 e. The van der Waals surface area contributed by atoms with Crippen LogP contribution in [0.5, 0.6) is 0 Å². The van der Waals surface area contributed by atoms with Crippen LogP contribution in [0, 0.1) is 0 Å². The number of hydrogen-bond donors (Lipinski definition) is 2. The fourth-order valence-electron chi connectivity index (χ4n) is 6.05. The maximum atomic E-state index is 12.3. The number of nitrogens with two attached hydrogens (primary N) is 1. The molecule has 220 valence electrons. The third kappa shape index (κ3) is 6.62. The third-order valence-corrected chi connectivity index (χ3v) is 8.59. The van der Waals surface area contributed by atoms with E-state index in [9.17, 15) is 9.59 Å². The van der Waals surface area contributed by atoms with Gasteiger partial charge in [-0.25, -0.2) is 9.97 Å². The average Bonchev–Trinajstić information content (AvgIpc) is 3.01. The quantitative estimate of drug-likeness (QED) is 0.467. The monoisotopic (exact) mass is 561 g/mol. The van der Waals surface area contributed by atoms with Crippen LogP contribution in [0.4, 0.5) is 23.0 Å². The number of rotatable bonds is 8. The first kappa shape index (κ1) is 28.8. The summed E-state index contributed by atoms with van der Waals surface area (Å²) in [6, 6.07) is 8.94. The predicted molar refractivity (Wildman–Crippen MR) is 163 cm³/mol. The highest BCUT2D eigenvalue weighted by Crippen LogP contribution is 2.28. The number of piperazine rings is 2. The molecule has 0 unspecified atom stereocenters. The molecular formula is C30H43N9O2. The Bertz CT molecular complexity index is 1230. The van der Waals surface area contributed by atoms with Gasteiger partial charge in [-0.1, -0.05) is 13.5 Å². The number of likely N-dealkylation sites (N-methyl/N-ethyl adjacent to an activating group) is 1. The number of nitrogens with one attached hydrogen (secondary N) is 1. The summed E-state index contributed by atoms with van der Waals surface area (Å²) in [6.45, 7) is 14.7. The van der Waals surface area contributed by atoms with Gasteiger partial charge in [0.25, 0.3) is 5.91 Å². The van der Waals surface area contributed by atoms with E-state index in [1.54, 1.807) is 4.90 Å². The molecule has 0 bridgehead atoms. The highest BCUT2D eigenvalue weighted by molar-refractivity contribution is 5.96. The molecule has 3 fully saturated rings. The summed E-state index contributed by atoms with van der Waals surface area (Å²) >= 11 is 0. The molecule has 11 nitrogen and oxygen atoms in total. The smallest absolute Gasteiger partial charge is 0.271 e. The number of aromatic nitrogens is 2. The zero-order valence-electron chi connectivity index (χ0n) is 24.4. The lowest BCUT2D eigenvalue weighted by Gasteiger charge is -2.42. The van der Waals surface area contributed by atoms with Gasteiger partial charge in [0.1, 0.15) is 0 Å². The number of hydrogen-bond acceptors (Lipinski definition) is 9. The second-order valence-electron chi connectivity index (χ2n) is 11.2. The number of amides is 2. The molecule has 2 amide bonds. The number of carbonyl (C=O) groups excluding carboxylic acids is 2. The first-order valence-corrected chi connectivity index (χ1v) is 14.8. The second kappa shape index (κ2) is 12.9. The molecule has 3 N–H and O–H groups in total. The number of benzene rings is 1. The van der Waals surface area contributed by atoms with E-state index in [4.69, 9.17) is 10.7 Å². The molecule has 41 heavy (non-hydrogen) atoms. The summed E-state index contributed by atoms with van der Waals surface area (Å²) in [5.74, 6) is 0.365. The number of carbonyl (C=O) groups is 2. The SMILES string of the molecule is C=CC(=O)N1CCN(c2nc(Nc3ccc(N4CCC(N5CCN(C)CC5)CC4)cc3)c(C(N)=O)nc2CC)CC1. The fourth-order valence-corrected chi connectivity index (χ4v) is 6.05. The van der Waals surface area contributed by atoms with Crippen molar-refractivity contribution in [2.24, 2.45) is 5.73 Å². The van der Waals surface area contributed by atoms with Crippen molar-refractivity contribution < 1.29 is 9.59 Å². The maximum Gasteiger partial charge on any atom is 0.271 e. The summed E-state index contributed by atoms with van der Waals surface area (Å²) in [4.78, 5) is 45.2. The first-order valence-electron chi connectivity index (χ1n) is 14.8. The third-order valence-electron chi connectivity index (χ3n) is 8.59. The van der Waals surface area contributed by atoms with E-state index in [0.717, 1.165) is 31.9 Å². The Morgan fingerprint density at radius 2 is 1.61 bits per heavy atom. The van der Waals surface area contributed by atoms with Crippen molar-refractivity contribution in [3.8, 4) is 0 Å².